The molecule has 0 spiro atoms. The molecule has 1 saturated carbocycles. The fourth-order valence-corrected chi connectivity index (χ4v) is 4.06. The quantitative estimate of drug-likeness (QED) is 0.649. The molecule has 3 atom stereocenters. The Kier molecular flexibility index (Phi) is 2.19. The molecule has 0 aromatic rings. The highest BCUT2D eigenvalue weighted by Crippen LogP contribution is 2.58. The minimum absolute atomic E-state index is 0.148. The van der Waals surface area contributed by atoms with E-state index < -0.39 is 0 Å². The SMILES string of the molecule is CC(=O)C1=C2[C@@H]3CC=CC[C@@H]3C(=O)C2(C)CC1. The standard InChI is InChI=1S/C15H18O2/c1-9(16)10-7-8-15(2)13(10)11-5-3-4-6-12(11)14(15)17/h3-4,11-12H,5-8H2,1-2H3/t11-,12+,15?/m1/s1. The molecule has 0 bridgehead atoms. The van der Waals surface area contributed by atoms with E-state index in [1.165, 1.54) is 5.57 Å². The molecule has 0 aliphatic heterocycles. The maximum absolute atomic E-state index is 12.5. The third-order valence-electron chi connectivity index (χ3n) is 4.90. The minimum atomic E-state index is -0.317. The van der Waals surface area contributed by atoms with Crippen molar-refractivity contribution in [2.24, 2.45) is 17.3 Å². The van der Waals surface area contributed by atoms with Gasteiger partial charge in [0.1, 0.15) is 5.78 Å². The van der Waals surface area contributed by atoms with Crippen molar-refractivity contribution < 1.29 is 9.59 Å². The molecule has 0 amide bonds. The number of fused-ring (bicyclic) bond motifs is 3. The molecule has 1 unspecified atom stereocenters. The van der Waals surface area contributed by atoms with Crippen LogP contribution in [0.4, 0.5) is 0 Å². The predicted octanol–water partition coefficient (Wildman–Crippen LogP) is 2.84. The van der Waals surface area contributed by atoms with Crippen LogP contribution in [0.1, 0.15) is 39.5 Å². The summed E-state index contributed by atoms with van der Waals surface area (Å²) in [5.41, 5.74) is 1.84. The van der Waals surface area contributed by atoms with Gasteiger partial charge in [-0.3, -0.25) is 9.59 Å². The number of carbonyl (C=O) groups is 2. The first kappa shape index (κ1) is 10.9. The summed E-state index contributed by atoms with van der Waals surface area (Å²) in [6, 6.07) is 0. The van der Waals surface area contributed by atoms with Gasteiger partial charge in [-0.1, -0.05) is 12.2 Å². The van der Waals surface area contributed by atoms with Gasteiger partial charge in [0.05, 0.1) is 0 Å². The Morgan fingerprint density at radius 3 is 2.59 bits per heavy atom. The fraction of sp³-hybridized carbons (Fsp3) is 0.600. The first-order valence-corrected chi connectivity index (χ1v) is 6.49. The van der Waals surface area contributed by atoms with Crippen molar-refractivity contribution in [2.45, 2.75) is 39.5 Å². The molecule has 0 N–H and O–H groups in total. The van der Waals surface area contributed by atoms with Gasteiger partial charge >= 0.3 is 0 Å². The maximum atomic E-state index is 12.5. The monoisotopic (exact) mass is 230 g/mol. The number of carbonyl (C=O) groups excluding carboxylic acids is 2. The third-order valence-corrected chi connectivity index (χ3v) is 4.90. The number of hydrogen-bond donors (Lipinski definition) is 0. The van der Waals surface area contributed by atoms with Crippen molar-refractivity contribution in [3.63, 3.8) is 0 Å². The summed E-state index contributed by atoms with van der Waals surface area (Å²) in [5.74, 6) is 1.03. The lowest BCUT2D eigenvalue weighted by molar-refractivity contribution is -0.127. The molecule has 2 nitrogen and oxygen atoms in total. The smallest absolute Gasteiger partial charge is 0.155 e. The summed E-state index contributed by atoms with van der Waals surface area (Å²) in [6.07, 6.45) is 7.76. The summed E-state index contributed by atoms with van der Waals surface area (Å²) in [5, 5.41) is 0. The average Bonchev–Trinajstić information content (AvgIpc) is 2.76. The lowest BCUT2D eigenvalue weighted by atomic mass is 9.81. The average molecular weight is 230 g/mol. The Morgan fingerprint density at radius 1 is 1.29 bits per heavy atom. The van der Waals surface area contributed by atoms with E-state index in [4.69, 9.17) is 0 Å². The number of Topliss-reactive ketones (excluding diaryl/α,β-unsaturated/α-hetero) is 2. The highest BCUT2D eigenvalue weighted by molar-refractivity contribution is 6.02. The van der Waals surface area contributed by atoms with E-state index in [2.05, 4.69) is 19.1 Å². The number of ketones is 2. The van der Waals surface area contributed by atoms with Gasteiger partial charge in [-0.15, -0.1) is 0 Å². The van der Waals surface area contributed by atoms with Crippen LogP contribution in [0.15, 0.2) is 23.3 Å². The van der Waals surface area contributed by atoms with Crippen molar-refractivity contribution in [1.29, 1.82) is 0 Å². The molecule has 1 fully saturated rings. The molecule has 3 aliphatic rings. The van der Waals surface area contributed by atoms with Crippen LogP contribution in [-0.4, -0.2) is 11.6 Å². The summed E-state index contributed by atoms with van der Waals surface area (Å²) in [6.45, 7) is 3.70. The van der Waals surface area contributed by atoms with Gasteiger partial charge in [0, 0.05) is 11.3 Å². The molecular weight excluding hydrogens is 212 g/mol. The summed E-state index contributed by atoms with van der Waals surface area (Å²) >= 11 is 0. The molecule has 0 aromatic heterocycles. The van der Waals surface area contributed by atoms with Gasteiger partial charge in [-0.25, -0.2) is 0 Å². The van der Waals surface area contributed by atoms with E-state index in [1.807, 2.05) is 0 Å². The molecule has 0 heterocycles. The second-order valence-corrected chi connectivity index (χ2v) is 5.80. The summed E-state index contributed by atoms with van der Waals surface area (Å²) in [4.78, 5) is 24.3. The Labute approximate surface area is 102 Å². The molecule has 0 aromatic carbocycles. The Balaban J connectivity index is 2.16. The Bertz CT molecular complexity index is 469. The Hall–Kier alpha value is -1.18. The van der Waals surface area contributed by atoms with Crippen LogP contribution in [0, 0.1) is 17.3 Å². The first-order valence-electron chi connectivity index (χ1n) is 6.49. The van der Waals surface area contributed by atoms with E-state index in [1.54, 1.807) is 6.92 Å². The van der Waals surface area contributed by atoms with Crippen LogP contribution in [0.3, 0.4) is 0 Å². The fourth-order valence-electron chi connectivity index (χ4n) is 4.06. The van der Waals surface area contributed by atoms with Gasteiger partial charge in [0.2, 0.25) is 0 Å². The van der Waals surface area contributed by atoms with Crippen LogP contribution in [0.5, 0.6) is 0 Å². The third kappa shape index (κ3) is 1.27. The van der Waals surface area contributed by atoms with Gasteiger partial charge in [0.25, 0.3) is 0 Å². The lowest BCUT2D eigenvalue weighted by Gasteiger charge is -2.21. The maximum Gasteiger partial charge on any atom is 0.155 e. The lowest BCUT2D eigenvalue weighted by Crippen LogP contribution is -2.24. The number of hydrogen-bond acceptors (Lipinski definition) is 2. The molecule has 90 valence electrons. The van der Waals surface area contributed by atoms with Crippen molar-refractivity contribution >= 4 is 11.6 Å². The van der Waals surface area contributed by atoms with Crippen LogP contribution < -0.4 is 0 Å². The van der Waals surface area contributed by atoms with Crippen molar-refractivity contribution in [2.75, 3.05) is 0 Å². The zero-order valence-electron chi connectivity index (χ0n) is 10.5. The van der Waals surface area contributed by atoms with Gasteiger partial charge in [-0.05, 0) is 56.6 Å². The van der Waals surface area contributed by atoms with E-state index in [-0.39, 0.29) is 17.1 Å². The topological polar surface area (TPSA) is 34.1 Å². The highest BCUT2D eigenvalue weighted by atomic mass is 16.1. The zero-order valence-corrected chi connectivity index (χ0v) is 10.5. The summed E-state index contributed by atoms with van der Waals surface area (Å²) in [7, 11) is 0. The van der Waals surface area contributed by atoms with E-state index in [9.17, 15) is 9.59 Å². The highest BCUT2D eigenvalue weighted by Gasteiger charge is 2.56. The molecular formula is C15H18O2. The van der Waals surface area contributed by atoms with E-state index >= 15 is 0 Å². The van der Waals surface area contributed by atoms with Crippen molar-refractivity contribution in [3.8, 4) is 0 Å². The summed E-state index contributed by atoms with van der Waals surface area (Å²) < 4.78 is 0. The molecule has 17 heavy (non-hydrogen) atoms. The minimum Gasteiger partial charge on any atom is -0.298 e. The van der Waals surface area contributed by atoms with E-state index in [0.29, 0.717) is 11.7 Å². The van der Waals surface area contributed by atoms with Gasteiger partial charge in [0.15, 0.2) is 5.78 Å². The van der Waals surface area contributed by atoms with E-state index in [0.717, 1.165) is 31.3 Å². The van der Waals surface area contributed by atoms with Crippen LogP contribution in [-0.2, 0) is 9.59 Å². The largest absolute Gasteiger partial charge is 0.298 e. The first-order chi connectivity index (χ1) is 8.05. The number of rotatable bonds is 1. The predicted molar refractivity (Wildman–Crippen MR) is 65.4 cm³/mol. The normalized spacial score (nSPS) is 39.5. The van der Waals surface area contributed by atoms with Crippen molar-refractivity contribution in [3.05, 3.63) is 23.3 Å². The second kappa shape index (κ2) is 3.41. The van der Waals surface area contributed by atoms with Gasteiger partial charge in [-0.2, -0.15) is 0 Å². The van der Waals surface area contributed by atoms with Crippen LogP contribution in [0.2, 0.25) is 0 Å². The molecule has 2 heteroatoms. The second-order valence-electron chi connectivity index (χ2n) is 5.80. The van der Waals surface area contributed by atoms with Crippen LogP contribution >= 0.6 is 0 Å². The zero-order chi connectivity index (χ0) is 12.2. The van der Waals surface area contributed by atoms with Crippen LogP contribution in [0.25, 0.3) is 0 Å². The van der Waals surface area contributed by atoms with Gasteiger partial charge < -0.3 is 0 Å². The Morgan fingerprint density at radius 2 is 1.94 bits per heavy atom. The van der Waals surface area contributed by atoms with Crippen molar-refractivity contribution in [1.82, 2.24) is 0 Å². The molecule has 0 radical (unpaired) electrons. The molecule has 0 saturated heterocycles. The molecule has 3 aliphatic carbocycles. The number of allylic oxidation sites excluding steroid dienone is 4. The molecule has 3 rings (SSSR count).